The van der Waals surface area contributed by atoms with E-state index in [1.807, 2.05) is 0 Å². The lowest BCUT2D eigenvalue weighted by Crippen LogP contribution is -1.56. The average Bonchev–Trinajstić information content (AvgIpc) is 1.37. The van der Waals surface area contributed by atoms with Gasteiger partial charge in [-0.1, -0.05) is 0 Å². The molecule has 0 saturated heterocycles. The third-order valence-corrected chi connectivity index (χ3v) is 0.289. The van der Waals surface area contributed by atoms with Gasteiger partial charge in [-0.15, -0.1) is 8.86 Å². The first-order valence-electron chi connectivity index (χ1n) is 0.977. The van der Waals surface area contributed by atoms with Crippen molar-refractivity contribution in [3.05, 3.63) is 0 Å². The summed E-state index contributed by atoms with van der Waals surface area (Å²) in [5, 5.41) is 0. The van der Waals surface area contributed by atoms with E-state index in [2.05, 4.69) is 0 Å². The highest BCUT2D eigenvalue weighted by Crippen LogP contribution is 1.40. The summed E-state index contributed by atoms with van der Waals surface area (Å²) in [5.74, 6) is 1.47. The van der Waals surface area contributed by atoms with Gasteiger partial charge in [-0.3, -0.25) is 4.79 Å². The normalized spacial score (nSPS) is 6.00. The lowest BCUT2D eigenvalue weighted by molar-refractivity contribution is -0.102. The minimum absolute atomic E-state index is 0.762. The summed E-state index contributed by atoms with van der Waals surface area (Å²) < 4.78 is 0. The van der Waals surface area contributed by atoms with Gasteiger partial charge in [0.05, 0.1) is 0 Å². The van der Waals surface area contributed by atoms with Crippen LogP contribution in [0.1, 0.15) is 0 Å². The summed E-state index contributed by atoms with van der Waals surface area (Å²) >= 11 is 0. The highest BCUT2D eigenvalue weighted by molar-refractivity contribution is 7.21. The predicted octanol–water partition coefficient (Wildman–Crippen LogP) is -0.405. The van der Waals surface area contributed by atoms with E-state index in [9.17, 15) is 0 Å². The molecule has 4 heavy (non-hydrogen) atoms. The van der Waals surface area contributed by atoms with Crippen molar-refractivity contribution < 1.29 is 4.79 Å². The Balaban J connectivity index is 2.73. The van der Waals surface area contributed by atoms with Crippen molar-refractivity contribution in [3.63, 3.8) is 0 Å². The molecule has 0 aliphatic heterocycles. The number of hydrogen-bond acceptors (Lipinski definition) is 1. The Bertz CT molecular complexity index is 27.0. The molecule has 0 bridgehead atoms. The Morgan fingerprint density at radius 1 is 1.75 bits per heavy atom. The Labute approximate surface area is 26.9 Å². The largest absolute Gasteiger partial charge is 0.299 e. The molecule has 0 fully saturated rings. The number of carbonyl (C=O) groups excluding carboxylic acids is 1. The molecule has 1 nitrogen and oxygen atoms in total. The van der Waals surface area contributed by atoms with E-state index in [-0.39, 0.29) is 0 Å². The van der Waals surface area contributed by atoms with Crippen molar-refractivity contribution in [2.24, 2.45) is 0 Å². The zero-order valence-electron chi connectivity index (χ0n) is 2.27. The molecule has 0 spiro atoms. The van der Waals surface area contributed by atoms with Crippen LogP contribution in [0.4, 0.5) is 0 Å². The minimum atomic E-state index is 0.762. The maximum absolute atomic E-state index is 9.12. The second kappa shape index (κ2) is 2.97. The fourth-order valence-electron chi connectivity index (χ4n) is 0. The third-order valence-electron chi connectivity index (χ3n) is 0.0962. The first-order valence-corrected chi connectivity index (χ1v) is 1.79. The number of carbonyl (C=O) groups is 1. The van der Waals surface area contributed by atoms with Crippen LogP contribution in [0.3, 0.4) is 0 Å². The maximum atomic E-state index is 9.12. The van der Waals surface area contributed by atoms with Crippen LogP contribution in [0.25, 0.3) is 0 Å². The van der Waals surface area contributed by atoms with Gasteiger partial charge in [0.1, 0.15) is 6.29 Å². The fraction of sp³-hybridized carbons (Fsp3) is 0. The summed E-state index contributed by atoms with van der Waals surface area (Å²) in [4.78, 5) is 9.12. The van der Waals surface area contributed by atoms with Gasteiger partial charge < -0.3 is 0 Å². The maximum Gasteiger partial charge on any atom is 0.142 e. The molecular weight excluding hydrogens is 71.0 g/mol. The van der Waals surface area contributed by atoms with Crippen LogP contribution >= 0.6 is 8.86 Å². The predicted molar refractivity (Wildman–Crippen MR) is 23.2 cm³/mol. The van der Waals surface area contributed by atoms with Crippen molar-refractivity contribution in [3.8, 4) is 0 Å². The fourth-order valence-corrected chi connectivity index (χ4v) is 0. The van der Waals surface area contributed by atoms with Gasteiger partial charge in [0, 0.05) is 0 Å². The van der Waals surface area contributed by atoms with Crippen molar-refractivity contribution >= 4 is 20.9 Å². The smallest absolute Gasteiger partial charge is 0.142 e. The molecule has 1 unspecified atom stereocenters. The van der Waals surface area contributed by atoms with Crippen LogP contribution in [0.5, 0.6) is 0 Å². The second-order valence-corrected chi connectivity index (χ2v) is 0.843. The van der Waals surface area contributed by atoms with Crippen molar-refractivity contribution in [2.45, 2.75) is 0 Å². The SMILES string of the molecule is O=CC=[PH3]. The van der Waals surface area contributed by atoms with Gasteiger partial charge in [0.2, 0.25) is 0 Å². The molecule has 0 aliphatic carbocycles. The van der Waals surface area contributed by atoms with Crippen LogP contribution in [-0.4, -0.2) is 12.1 Å². The van der Waals surface area contributed by atoms with Gasteiger partial charge in [-0.2, -0.15) is 0 Å². The van der Waals surface area contributed by atoms with Crippen LogP contribution in [0, 0.1) is 0 Å². The molecule has 0 N–H and O–H groups in total. The van der Waals surface area contributed by atoms with E-state index >= 15 is 0 Å². The molecule has 0 saturated carbocycles. The third kappa shape index (κ3) is 1.97. The topological polar surface area (TPSA) is 17.1 Å². The molecule has 0 aliphatic rings. The molecule has 0 amide bonds. The molecular formula is C2H5OP. The molecule has 0 aromatic rings. The van der Waals surface area contributed by atoms with Crippen LogP contribution in [0.2, 0.25) is 0 Å². The summed E-state index contributed by atoms with van der Waals surface area (Å²) in [6.45, 7) is 0. The molecule has 24 valence electrons. The van der Waals surface area contributed by atoms with E-state index < -0.39 is 0 Å². The highest BCUT2D eigenvalue weighted by Gasteiger charge is 1.37. The molecule has 0 aromatic heterocycles. The van der Waals surface area contributed by atoms with Crippen LogP contribution in [0.15, 0.2) is 0 Å². The van der Waals surface area contributed by atoms with Crippen LogP contribution in [-0.2, 0) is 4.79 Å². The van der Waals surface area contributed by atoms with Gasteiger partial charge in [-0.25, -0.2) is 0 Å². The first-order chi connectivity index (χ1) is 1.91. The van der Waals surface area contributed by atoms with E-state index in [4.69, 9.17) is 4.79 Å². The van der Waals surface area contributed by atoms with E-state index in [0.717, 1.165) is 6.29 Å². The summed E-state index contributed by atoms with van der Waals surface area (Å²) in [7, 11) is 1.53. The molecule has 0 heterocycles. The second-order valence-electron chi connectivity index (χ2n) is 0.372. The van der Waals surface area contributed by atoms with Crippen LogP contribution < -0.4 is 0 Å². The number of aldehydes is 1. The quantitative estimate of drug-likeness (QED) is 0.306. The lowest BCUT2D eigenvalue weighted by Gasteiger charge is -1.38. The zero-order valence-corrected chi connectivity index (χ0v) is 3.68. The van der Waals surface area contributed by atoms with E-state index in [1.54, 1.807) is 0 Å². The average molecular weight is 76.0 g/mol. The molecule has 0 aromatic carbocycles. The van der Waals surface area contributed by atoms with Gasteiger partial charge in [-0.05, 0) is 5.80 Å². The standard InChI is InChI=1S/C2H5OP/c3-1-2-4/h1-2H,4H3. The summed E-state index contributed by atoms with van der Waals surface area (Å²) in [6, 6.07) is 0. The molecule has 0 radical (unpaired) electrons. The van der Waals surface area contributed by atoms with E-state index in [1.165, 1.54) is 14.7 Å². The monoisotopic (exact) mass is 76.0 g/mol. The minimum Gasteiger partial charge on any atom is -0.299 e. The zero-order chi connectivity index (χ0) is 3.41. The van der Waals surface area contributed by atoms with Gasteiger partial charge in [0.15, 0.2) is 0 Å². The van der Waals surface area contributed by atoms with E-state index in [0.29, 0.717) is 0 Å². The highest BCUT2D eigenvalue weighted by atomic mass is 31.0. The summed E-state index contributed by atoms with van der Waals surface area (Å²) in [5.41, 5.74) is 0. The Hall–Kier alpha value is -0.0300. The first kappa shape index (κ1) is 3.97. The lowest BCUT2D eigenvalue weighted by atomic mass is 10.9. The Morgan fingerprint density at radius 2 is 2.00 bits per heavy atom. The molecule has 2 heteroatoms. The molecule has 0 rings (SSSR count). The van der Waals surface area contributed by atoms with Crippen molar-refractivity contribution in [1.82, 2.24) is 0 Å². The summed E-state index contributed by atoms with van der Waals surface area (Å²) in [6.07, 6.45) is 0.762. The Kier molecular flexibility index (Phi) is 2.95. The van der Waals surface area contributed by atoms with Crippen molar-refractivity contribution in [1.29, 1.82) is 0 Å². The van der Waals surface area contributed by atoms with Crippen molar-refractivity contribution in [2.75, 3.05) is 0 Å². The Morgan fingerprint density at radius 3 is 2.00 bits per heavy atom. The number of hydrogen-bond donors (Lipinski definition) is 0. The van der Waals surface area contributed by atoms with Gasteiger partial charge >= 0.3 is 0 Å². The number of rotatable bonds is 1. The molecule has 1 atom stereocenters. The van der Waals surface area contributed by atoms with Gasteiger partial charge in [0.25, 0.3) is 0 Å².